The first-order chi connectivity index (χ1) is 9.72. The lowest BCUT2D eigenvalue weighted by Gasteiger charge is -2.21. The van der Waals surface area contributed by atoms with E-state index < -0.39 is 5.54 Å². The number of aromatic nitrogens is 1. The van der Waals surface area contributed by atoms with Crippen LogP contribution in [0.2, 0.25) is 0 Å². The van der Waals surface area contributed by atoms with Gasteiger partial charge in [0.25, 0.3) is 0 Å². The van der Waals surface area contributed by atoms with Crippen LogP contribution in [0.1, 0.15) is 31.4 Å². The van der Waals surface area contributed by atoms with Gasteiger partial charge < -0.3 is 9.84 Å². The highest BCUT2D eigenvalue weighted by atomic mass is 16.5. The smallest absolute Gasteiger partial charge is 0.227 e. The average molecular weight is 269 g/mol. The molecule has 0 radical (unpaired) electrons. The zero-order valence-corrected chi connectivity index (χ0v) is 11.1. The van der Waals surface area contributed by atoms with Gasteiger partial charge in [-0.25, -0.2) is 0 Å². The highest BCUT2D eigenvalue weighted by molar-refractivity contribution is 5.86. The number of nitrogens with one attached hydrogen (secondary N) is 1. The van der Waals surface area contributed by atoms with E-state index in [2.05, 4.69) is 16.5 Å². The molecule has 3 rings (SSSR count). The fraction of sp³-hybridized carbons (Fsp3) is 0.400. The molecule has 2 aromatic rings. The molecule has 1 aromatic heterocycles. The summed E-state index contributed by atoms with van der Waals surface area (Å²) in [5, 5.41) is 16.9. The molecule has 5 heteroatoms. The van der Waals surface area contributed by atoms with E-state index in [1.165, 1.54) is 0 Å². The third-order valence-corrected chi connectivity index (χ3v) is 3.83. The molecular weight excluding hydrogens is 254 g/mol. The Balaban J connectivity index is 1.75. The second-order valence-electron chi connectivity index (χ2n) is 5.25. The van der Waals surface area contributed by atoms with Crippen LogP contribution >= 0.6 is 0 Å². The van der Waals surface area contributed by atoms with Gasteiger partial charge in [0.2, 0.25) is 5.91 Å². The zero-order valence-electron chi connectivity index (χ0n) is 11.1. The minimum atomic E-state index is -0.684. The Bertz CT molecular complexity index is 678. The SMILES string of the molecule is N#CC1(NC(=O)Cc2noc3ccccc23)CCCC1. The molecule has 1 aliphatic rings. The minimum Gasteiger partial charge on any atom is -0.356 e. The number of nitriles is 1. The van der Waals surface area contributed by atoms with Gasteiger partial charge in [-0.3, -0.25) is 4.79 Å². The van der Waals surface area contributed by atoms with Gasteiger partial charge in [0.15, 0.2) is 5.58 Å². The van der Waals surface area contributed by atoms with Crippen molar-refractivity contribution in [2.24, 2.45) is 0 Å². The number of hydrogen-bond donors (Lipinski definition) is 1. The Labute approximate surface area is 116 Å². The first kappa shape index (κ1) is 12.7. The van der Waals surface area contributed by atoms with Crippen molar-refractivity contribution < 1.29 is 9.32 Å². The largest absolute Gasteiger partial charge is 0.356 e. The van der Waals surface area contributed by atoms with E-state index in [0.29, 0.717) is 11.3 Å². The predicted molar refractivity (Wildman–Crippen MR) is 72.7 cm³/mol. The van der Waals surface area contributed by atoms with Crippen molar-refractivity contribution in [2.75, 3.05) is 0 Å². The molecule has 1 amide bonds. The summed E-state index contributed by atoms with van der Waals surface area (Å²) in [6, 6.07) is 9.69. The lowest BCUT2D eigenvalue weighted by atomic mass is 9.99. The highest BCUT2D eigenvalue weighted by Gasteiger charge is 2.35. The Morgan fingerprint density at radius 3 is 2.90 bits per heavy atom. The second-order valence-corrected chi connectivity index (χ2v) is 5.25. The zero-order chi connectivity index (χ0) is 14.0. The predicted octanol–water partition coefficient (Wildman–Crippen LogP) is 2.32. The summed E-state index contributed by atoms with van der Waals surface area (Å²) >= 11 is 0. The minimum absolute atomic E-state index is 0.139. The van der Waals surface area contributed by atoms with Crippen molar-refractivity contribution >= 4 is 16.9 Å². The fourth-order valence-corrected chi connectivity index (χ4v) is 2.77. The first-order valence-corrected chi connectivity index (χ1v) is 6.78. The maximum atomic E-state index is 12.1. The van der Waals surface area contributed by atoms with Crippen LogP contribution in [0.4, 0.5) is 0 Å². The number of rotatable bonds is 3. The fourth-order valence-electron chi connectivity index (χ4n) is 2.77. The quantitative estimate of drug-likeness (QED) is 0.927. The van der Waals surface area contributed by atoms with Gasteiger partial charge in [-0.2, -0.15) is 5.26 Å². The molecule has 1 aromatic carbocycles. The van der Waals surface area contributed by atoms with Gasteiger partial charge in [0.1, 0.15) is 11.2 Å². The lowest BCUT2D eigenvalue weighted by Crippen LogP contribution is -2.45. The van der Waals surface area contributed by atoms with Gasteiger partial charge in [-0.05, 0) is 37.8 Å². The number of carbonyl (C=O) groups excluding carboxylic acids is 1. The van der Waals surface area contributed by atoms with Crippen molar-refractivity contribution in [1.29, 1.82) is 5.26 Å². The molecule has 1 aliphatic carbocycles. The lowest BCUT2D eigenvalue weighted by molar-refractivity contribution is -0.121. The summed E-state index contributed by atoms with van der Waals surface area (Å²) in [5.74, 6) is -0.174. The van der Waals surface area contributed by atoms with Crippen LogP contribution in [-0.2, 0) is 11.2 Å². The molecule has 0 saturated heterocycles. The molecule has 5 nitrogen and oxygen atoms in total. The Morgan fingerprint density at radius 1 is 1.40 bits per heavy atom. The van der Waals surface area contributed by atoms with E-state index in [1.54, 1.807) is 0 Å². The van der Waals surface area contributed by atoms with Gasteiger partial charge >= 0.3 is 0 Å². The van der Waals surface area contributed by atoms with Gasteiger partial charge in [-0.15, -0.1) is 0 Å². The second kappa shape index (κ2) is 4.97. The van der Waals surface area contributed by atoms with Crippen molar-refractivity contribution in [2.45, 2.75) is 37.6 Å². The Hall–Kier alpha value is -2.35. The maximum Gasteiger partial charge on any atom is 0.227 e. The summed E-state index contributed by atoms with van der Waals surface area (Å²) in [6.07, 6.45) is 3.57. The number of amides is 1. The number of nitrogens with zero attached hydrogens (tertiary/aromatic N) is 2. The Kier molecular flexibility index (Phi) is 3.15. The van der Waals surface area contributed by atoms with E-state index >= 15 is 0 Å². The number of benzene rings is 1. The van der Waals surface area contributed by atoms with Crippen LogP contribution in [-0.4, -0.2) is 16.6 Å². The average Bonchev–Trinajstić information content (AvgIpc) is 3.07. The van der Waals surface area contributed by atoms with E-state index in [1.807, 2.05) is 24.3 Å². The molecule has 1 saturated carbocycles. The molecular formula is C15H15N3O2. The standard InChI is InChI=1S/C15H15N3O2/c16-10-15(7-3-4-8-15)17-14(19)9-12-11-5-1-2-6-13(11)20-18-12/h1-2,5-6H,3-4,7-9H2,(H,17,19). The summed E-state index contributed by atoms with van der Waals surface area (Å²) < 4.78 is 5.18. The third kappa shape index (κ3) is 2.25. The molecule has 0 atom stereocenters. The topological polar surface area (TPSA) is 78.9 Å². The number of hydrogen-bond acceptors (Lipinski definition) is 4. The molecule has 1 heterocycles. The van der Waals surface area contributed by atoms with Gasteiger partial charge in [-0.1, -0.05) is 17.3 Å². The number of fused-ring (bicyclic) bond motifs is 1. The summed E-state index contributed by atoms with van der Waals surface area (Å²) in [7, 11) is 0. The van der Waals surface area contributed by atoms with Crippen LogP contribution in [0.3, 0.4) is 0 Å². The normalized spacial score (nSPS) is 16.9. The van der Waals surface area contributed by atoms with Crippen molar-refractivity contribution in [1.82, 2.24) is 10.5 Å². The van der Waals surface area contributed by atoms with E-state index in [4.69, 9.17) is 4.52 Å². The maximum absolute atomic E-state index is 12.1. The van der Waals surface area contributed by atoms with Crippen LogP contribution < -0.4 is 5.32 Å². The Morgan fingerprint density at radius 2 is 2.15 bits per heavy atom. The van der Waals surface area contributed by atoms with Crippen molar-refractivity contribution in [3.63, 3.8) is 0 Å². The molecule has 0 unspecified atom stereocenters. The molecule has 102 valence electrons. The van der Waals surface area contributed by atoms with Crippen LogP contribution in [0.25, 0.3) is 11.0 Å². The number of para-hydroxylation sites is 1. The van der Waals surface area contributed by atoms with Gasteiger partial charge in [0.05, 0.1) is 12.5 Å². The van der Waals surface area contributed by atoms with Crippen molar-refractivity contribution in [3.05, 3.63) is 30.0 Å². The summed E-state index contributed by atoms with van der Waals surface area (Å²) in [5.41, 5.74) is 0.603. The molecule has 0 bridgehead atoms. The summed E-state index contributed by atoms with van der Waals surface area (Å²) in [4.78, 5) is 12.1. The number of carbonyl (C=O) groups is 1. The summed E-state index contributed by atoms with van der Waals surface area (Å²) in [6.45, 7) is 0. The highest BCUT2D eigenvalue weighted by Crippen LogP contribution is 2.29. The van der Waals surface area contributed by atoms with Crippen LogP contribution in [0.5, 0.6) is 0 Å². The molecule has 1 fully saturated rings. The van der Waals surface area contributed by atoms with Gasteiger partial charge in [0, 0.05) is 5.39 Å². The molecule has 0 spiro atoms. The van der Waals surface area contributed by atoms with Crippen molar-refractivity contribution in [3.8, 4) is 6.07 Å². The first-order valence-electron chi connectivity index (χ1n) is 6.78. The monoisotopic (exact) mass is 269 g/mol. The molecule has 1 N–H and O–H groups in total. The van der Waals surface area contributed by atoms with E-state index in [-0.39, 0.29) is 12.3 Å². The van der Waals surface area contributed by atoms with E-state index in [9.17, 15) is 10.1 Å². The molecule has 20 heavy (non-hydrogen) atoms. The van der Waals surface area contributed by atoms with E-state index in [0.717, 1.165) is 31.1 Å². The third-order valence-electron chi connectivity index (χ3n) is 3.83. The van der Waals surface area contributed by atoms with Crippen LogP contribution in [0.15, 0.2) is 28.8 Å². The van der Waals surface area contributed by atoms with Crippen LogP contribution in [0, 0.1) is 11.3 Å². The molecule has 0 aliphatic heterocycles.